The van der Waals surface area contributed by atoms with Gasteiger partial charge in [0.2, 0.25) is 0 Å². The van der Waals surface area contributed by atoms with Crippen molar-refractivity contribution in [2.45, 2.75) is 13.8 Å². The van der Waals surface area contributed by atoms with E-state index in [-0.39, 0.29) is 5.82 Å². The molecule has 17 heavy (non-hydrogen) atoms. The predicted octanol–water partition coefficient (Wildman–Crippen LogP) is 2.68. The van der Waals surface area contributed by atoms with Crippen molar-refractivity contribution in [3.63, 3.8) is 0 Å². The molecule has 1 aromatic rings. The van der Waals surface area contributed by atoms with E-state index < -0.39 is 5.97 Å². The van der Waals surface area contributed by atoms with Gasteiger partial charge in [-0.15, -0.1) is 0 Å². The number of likely N-dealkylation sites (N-methyl/N-ethyl adjacent to an activating group) is 1. The molecule has 0 aliphatic carbocycles. The molecule has 3 nitrogen and oxygen atoms in total. The summed E-state index contributed by atoms with van der Waals surface area (Å²) in [6, 6.07) is 6.48. The average Bonchev–Trinajstić information content (AvgIpc) is 2.26. The van der Waals surface area contributed by atoms with Crippen LogP contribution in [0.1, 0.15) is 13.8 Å². The van der Waals surface area contributed by atoms with E-state index in [9.17, 15) is 9.18 Å². The van der Waals surface area contributed by atoms with E-state index in [2.05, 4.69) is 0 Å². The van der Waals surface area contributed by atoms with Gasteiger partial charge in [0.1, 0.15) is 5.82 Å². The second-order valence-electron chi connectivity index (χ2n) is 3.79. The Morgan fingerprint density at radius 3 is 2.65 bits per heavy atom. The molecule has 0 aliphatic rings. The minimum absolute atomic E-state index is 0.294. The van der Waals surface area contributed by atoms with Gasteiger partial charge in [-0.25, -0.2) is 9.18 Å². The summed E-state index contributed by atoms with van der Waals surface area (Å²) in [5, 5.41) is 8.63. The summed E-state index contributed by atoms with van der Waals surface area (Å²) in [5.74, 6) is -1.27. The molecule has 1 aromatic carbocycles. The van der Waals surface area contributed by atoms with E-state index in [0.717, 1.165) is 6.08 Å². The van der Waals surface area contributed by atoms with Gasteiger partial charge in [-0.1, -0.05) is 12.1 Å². The highest BCUT2D eigenvalue weighted by atomic mass is 19.1. The van der Waals surface area contributed by atoms with Crippen molar-refractivity contribution < 1.29 is 14.3 Å². The molecule has 0 saturated heterocycles. The van der Waals surface area contributed by atoms with Crippen LogP contribution in [-0.2, 0) is 4.79 Å². The van der Waals surface area contributed by atoms with Crippen molar-refractivity contribution in [2.75, 3.05) is 18.0 Å². The van der Waals surface area contributed by atoms with Crippen molar-refractivity contribution in [2.24, 2.45) is 0 Å². The largest absolute Gasteiger partial charge is 0.478 e. The van der Waals surface area contributed by atoms with E-state index in [1.807, 2.05) is 6.92 Å². The maximum absolute atomic E-state index is 13.6. The number of carboxylic acids is 1. The number of hydrogen-bond donors (Lipinski definition) is 1. The van der Waals surface area contributed by atoms with Gasteiger partial charge in [0.15, 0.2) is 0 Å². The number of nitrogens with zero attached hydrogens (tertiary/aromatic N) is 1. The lowest BCUT2D eigenvalue weighted by Gasteiger charge is -2.23. The van der Waals surface area contributed by atoms with Crippen molar-refractivity contribution >= 4 is 11.7 Å². The van der Waals surface area contributed by atoms with Crippen LogP contribution in [-0.4, -0.2) is 24.2 Å². The van der Waals surface area contributed by atoms with Gasteiger partial charge in [0.05, 0.1) is 5.69 Å². The Morgan fingerprint density at radius 1 is 1.47 bits per heavy atom. The second-order valence-corrected chi connectivity index (χ2v) is 3.79. The van der Waals surface area contributed by atoms with Gasteiger partial charge >= 0.3 is 5.97 Å². The van der Waals surface area contributed by atoms with Gasteiger partial charge in [0, 0.05) is 19.2 Å². The Morgan fingerprint density at radius 2 is 2.12 bits per heavy atom. The molecule has 0 fully saturated rings. The van der Waals surface area contributed by atoms with Crippen molar-refractivity contribution in [3.05, 3.63) is 41.7 Å². The second kappa shape index (κ2) is 6.03. The number of benzene rings is 1. The van der Waals surface area contributed by atoms with Crippen molar-refractivity contribution in [3.8, 4) is 0 Å². The summed E-state index contributed by atoms with van der Waals surface area (Å²) >= 11 is 0. The Hall–Kier alpha value is -1.84. The number of halogens is 1. The Kier molecular flexibility index (Phi) is 4.69. The molecule has 0 saturated carbocycles. The molecule has 4 heteroatoms. The number of anilines is 1. The fourth-order valence-electron chi connectivity index (χ4n) is 1.63. The first-order chi connectivity index (χ1) is 8.04. The molecule has 92 valence electrons. The molecular formula is C13H16FNO2. The minimum Gasteiger partial charge on any atom is -0.478 e. The van der Waals surface area contributed by atoms with E-state index in [0.29, 0.717) is 24.4 Å². The summed E-state index contributed by atoms with van der Waals surface area (Å²) in [4.78, 5) is 12.3. The number of para-hydroxylation sites is 1. The van der Waals surface area contributed by atoms with Crippen LogP contribution in [0.5, 0.6) is 0 Å². The molecule has 0 radical (unpaired) electrons. The predicted molar refractivity (Wildman–Crippen MR) is 65.7 cm³/mol. The molecular weight excluding hydrogens is 221 g/mol. The van der Waals surface area contributed by atoms with Crippen LogP contribution < -0.4 is 4.90 Å². The third-order valence-corrected chi connectivity index (χ3v) is 2.38. The highest BCUT2D eigenvalue weighted by Crippen LogP contribution is 2.19. The fourth-order valence-corrected chi connectivity index (χ4v) is 1.63. The molecule has 0 aromatic heterocycles. The zero-order chi connectivity index (χ0) is 12.8. The van der Waals surface area contributed by atoms with Gasteiger partial charge in [0.25, 0.3) is 0 Å². The van der Waals surface area contributed by atoms with Crippen LogP contribution in [0.15, 0.2) is 35.9 Å². The number of hydrogen-bond acceptors (Lipinski definition) is 2. The maximum atomic E-state index is 13.6. The zero-order valence-electron chi connectivity index (χ0n) is 9.98. The zero-order valence-corrected chi connectivity index (χ0v) is 9.98. The van der Waals surface area contributed by atoms with E-state index in [4.69, 9.17) is 5.11 Å². The first-order valence-corrected chi connectivity index (χ1v) is 5.44. The lowest BCUT2D eigenvalue weighted by Crippen LogP contribution is -2.25. The highest BCUT2D eigenvalue weighted by molar-refractivity contribution is 5.80. The molecule has 1 rings (SSSR count). The van der Waals surface area contributed by atoms with Crippen LogP contribution in [0.2, 0.25) is 0 Å². The molecule has 0 atom stereocenters. The summed E-state index contributed by atoms with van der Waals surface area (Å²) in [5.41, 5.74) is 1.18. The SMILES string of the molecule is CCN(CC(C)=CC(=O)O)c1ccccc1F. The van der Waals surface area contributed by atoms with E-state index in [1.165, 1.54) is 6.07 Å². The average molecular weight is 237 g/mol. The third-order valence-electron chi connectivity index (χ3n) is 2.38. The van der Waals surface area contributed by atoms with Crippen molar-refractivity contribution in [1.29, 1.82) is 0 Å². The fraction of sp³-hybridized carbons (Fsp3) is 0.308. The van der Waals surface area contributed by atoms with Crippen LogP contribution in [0, 0.1) is 5.82 Å². The molecule has 1 N–H and O–H groups in total. The van der Waals surface area contributed by atoms with Crippen LogP contribution in [0.25, 0.3) is 0 Å². The Bertz CT molecular complexity index is 429. The van der Waals surface area contributed by atoms with Crippen LogP contribution >= 0.6 is 0 Å². The van der Waals surface area contributed by atoms with Crippen molar-refractivity contribution in [1.82, 2.24) is 0 Å². The minimum atomic E-state index is -0.980. The normalized spacial score (nSPS) is 11.4. The lowest BCUT2D eigenvalue weighted by atomic mass is 10.2. The van der Waals surface area contributed by atoms with Gasteiger partial charge < -0.3 is 10.0 Å². The van der Waals surface area contributed by atoms with Gasteiger partial charge in [-0.05, 0) is 31.6 Å². The number of aliphatic carboxylic acids is 1. The van der Waals surface area contributed by atoms with E-state index >= 15 is 0 Å². The smallest absolute Gasteiger partial charge is 0.328 e. The molecule has 0 spiro atoms. The van der Waals surface area contributed by atoms with E-state index in [1.54, 1.807) is 30.0 Å². The molecule has 0 aliphatic heterocycles. The summed E-state index contributed by atoms with van der Waals surface area (Å²) in [6.07, 6.45) is 1.14. The number of carbonyl (C=O) groups is 1. The van der Waals surface area contributed by atoms with Crippen LogP contribution in [0.3, 0.4) is 0 Å². The maximum Gasteiger partial charge on any atom is 0.328 e. The summed E-state index contributed by atoms with van der Waals surface area (Å²) < 4.78 is 13.6. The lowest BCUT2D eigenvalue weighted by molar-refractivity contribution is -0.131. The molecule has 0 heterocycles. The monoisotopic (exact) mass is 237 g/mol. The quantitative estimate of drug-likeness (QED) is 0.800. The Balaban J connectivity index is 2.87. The van der Waals surface area contributed by atoms with Gasteiger partial charge in [-0.2, -0.15) is 0 Å². The number of carboxylic acid groups (broad SMARTS) is 1. The van der Waals surface area contributed by atoms with Gasteiger partial charge in [-0.3, -0.25) is 0 Å². The summed E-state index contributed by atoms with van der Waals surface area (Å²) in [6.45, 7) is 4.65. The Labute approximate surface area is 100 Å². The topological polar surface area (TPSA) is 40.5 Å². The molecule has 0 amide bonds. The summed E-state index contributed by atoms with van der Waals surface area (Å²) in [7, 11) is 0. The standard InChI is InChI=1S/C13H16FNO2/c1-3-15(9-10(2)8-13(16)17)12-7-5-4-6-11(12)14/h4-8H,3,9H2,1-2H3,(H,16,17). The highest BCUT2D eigenvalue weighted by Gasteiger charge is 2.09. The molecule has 0 unspecified atom stereocenters. The first kappa shape index (κ1) is 13.2. The third kappa shape index (κ3) is 3.90. The number of rotatable bonds is 5. The molecule has 0 bridgehead atoms. The first-order valence-electron chi connectivity index (χ1n) is 5.44. The van der Waals surface area contributed by atoms with Crippen LogP contribution in [0.4, 0.5) is 10.1 Å².